The highest BCUT2D eigenvalue weighted by atomic mass is 32.1. The number of rotatable bonds is 4. The molecule has 1 amide bonds. The van der Waals surface area contributed by atoms with Crippen molar-refractivity contribution in [3.05, 3.63) is 18.2 Å². The van der Waals surface area contributed by atoms with Crippen LogP contribution in [0.5, 0.6) is 11.5 Å². The summed E-state index contributed by atoms with van der Waals surface area (Å²) >= 11 is 5.44. The molecule has 7 heteroatoms. The van der Waals surface area contributed by atoms with Crippen LogP contribution >= 0.6 is 12.2 Å². The molecule has 1 heterocycles. The van der Waals surface area contributed by atoms with E-state index in [9.17, 15) is 4.79 Å². The lowest BCUT2D eigenvalue weighted by atomic mass is 9.98. The van der Waals surface area contributed by atoms with Gasteiger partial charge in [0.05, 0.1) is 25.8 Å². The van der Waals surface area contributed by atoms with Gasteiger partial charge in [-0.1, -0.05) is 0 Å². The van der Waals surface area contributed by atoms with Crippen molar-refractivity contribution >= 4 is 28.9 Å². The van der Waals surface area contributed by atoms with Crippen LogP contribution in [-0.4, -0.2) is 43.2 Å². The second-order valence-corrected chi connectivity index (χ2v) is 5.57. The van der Waals surface area contributed by atoms with Gasteiger partial charge in [-0.25, -0.2) is 0 Å². The number of hydrogen-bond acceptors (Lipinski definition) is 4. The Balaban J connectivity index is 2.06. The Hall–Kier alpha value is -2.02. The number of hydrogen-bond donors (Lipinski definition) is 2. The Labute approximate surface area is 135 Å². The number of carbonyl (C=O) groups excluding carboxylic acids is 1. The van der Waals surface area contributed by atoms with Crippen LogP contribution in [0.1, 0.15) is 12.8 Å². The van der Waals surface area contributed by atoms with Crippen LogP contribution in [0.25, 0.3) is 0 Å². The van der Waals surface area contributed by atoms with E-state index in [4.69, 9.17) is 27.4 Å². The third-order valence-electron chi connectivity index (χ3n) is 3.76. The molecule has 2 rings (SSSR count). The lowest BCUT2D eigenvalue weighted by Crippen LogP contribution is -2.45. The van der Waals surface area contributed by atoms with Gasteiger partial charge in [0.1, 0.15) is 11.5 Å². The van der Waals surface area contributed by atoms with E-state index in [0.29, 0.717) is 23.2 Å². The van der Waals surface area contributed by atoms with E-state index in [0.717, 1.165) is 25.1 Å². The van der Waals surface area contributed by atoms with Gasteiger partial charge in [0.25, 0.3) is 0 Å². The molecule has 1 aliphatic rings. The summed E-state index contributed by atoms with van der Waals surface area (Å²) in [6.45, 7) is 1.37. The summed E-state index contributed by atoms with van der Waals surface area (Å²) in [5.41, 5.74) is 6.16. The Bertz CT molecular complexity index is 565. The SMILES string of the molecule is COc1ccc(NC(=S)N2CCCC(C(N)=O)C2)c(OC)c1. The van der Waals surface area contributed by atoms with Gasteiger partial charge in [0.2, 0.25) is 5.91 Å². The molecule has 1 aromatic carbocycles. The summed E-state index contributed by atoms with van der Waals surface area (Å²) in [5, 5.41) is 3.73. The van der Waals surface area contributed by atoms with Crippen molar-refractivity contribution in [1.29, 1.82) is 0 Å². The van der Waals surface area contributed by atoms with Crippen LogP contribution in [0.3, 0.4) is 0 Å². The molecule has 1 saturated heterocycles. The first kappa shape index (κ1) is 16.4. The van der Waals surface area contributed by atoms with Crippen molar-refractivity contribution in [2.24, 2.45) is 11.7 Å². The summed E-state index contributed by atoms with van der Waals surface area (Å²) < 4.78 is 10.5. The van der Waals surface area contributed by atoms with Crippen molar-refractivity contribution in [1.82, 2.24) is 4.90 Å². The first-order valence-corrected chi connectivity index (χ1v) is 7.53. The zero-order chi connectivity index (χ0) is 16.1. The molecular formula is C15H21N3O3S. The van der Waals surface area contributed by atoms with Gasteiger partial charge < -0.3 is 25.4 Å². The maximum Gasteiger partial charge on any atom is 0.222 e. The van der Waals surface area contributed by atoms with Crippen LogP contribution in [0.2, 0.25) is 0 Å². The number of primary amides is 1. The molecule has 1 fully saturated rings. The number of carbonyl (C=O) groups is 1. The average Bonchev–Trinajstić information content (AvgIpc) is 2.55. The first-order valence-electron chi connectivity index (χ1n) is 7.12. The minimum Gasteiger partial charge on any atom is -0.497 e. The fourth-order valence-corrected chi connectivity index (χ4v) is 2.77. The lowest BCUT2D eigenvalue weighted by Gasteiger charge is -2.33. The third kappa shape index (κ3) is 3.79. The Morgan fingerprint density at radius 3 is 2.82 bits per heavy atom. The molecule has 0 saturated carbocycles. The molecule has 0 aromatic heterocycles. The van der Waals surface area contributed by atoms with Crippen LogP contribution < -0.4 is 20.5 Å². The average molecular weight is 323 g/mol. The number of nitrogens with one attached hydrogen (secondary N) is 1. The zero-order valence-electron chi connectivity index (χ0n) is 12.8. The third-order valence-corrected chi connectivity index (χ3v) is 4.12. The summed E-state index contributed by atoms with van der Waals surface area (Å²) in [5.74, 6) is 0.936. The molecule has 22 heavy (non-hydrogen) atoms. The summed E-state index contributed by atoms with van der Waals surface area (Å²) in [4.78, 5) is 13.3. The second kappa shape index (κ2) is 7.31. The number of amides is 1. The van der Waals surface area contributed by atoms with Gasteiger partial charge in [-0.2, -0.15) is 0 Å². The normalized spacial score (nSPS) is 17.7. The summed E-state index contributed by atoms with van der Waals surface area (Å²) in [6, 6.07) is 5.46. The smallest absolute Gasteiger partial charge is 0.222 e. The molecule has 1 atom stereocenters. The van der Waals surface area contributed by atoms with Gasteiger partial charge in [-0.05, 0) is 37.2 Å². The quantitative estimate of drug-likeness (QED) is 0.820. The lowest BCUT2D eigenvalue weighted by molar-refractivity contribution is -0.122. The van der Waals surface area contributed by atoms with Crippen LogP contribution in [0.4, 0.5) is 5.69 Å². The maximum absolute atomic E-state index is 11.3. The number of anilines is 1. The molecule has 1 aromatic rings. The first-order chi connectivity index (χ1) is 10.5. The molecule has 1 aliphatic heterocycles. The highest BCUT2D eigenvalue weighted by Crippen LogP contribution is 2.29. The fraction of sp³-hybridized carbons (Fsp3) is 0.467. The van der Waals surface area contributed by atoms with Gasteiger partial charge in [0.15, 0.2) is 5.11 Å². The van der Waals surface area contributed by atoms with E-state index in [1.54, 1.807) is 20.3 Å². The molecule has 0 aliphatic carbocycles. The molecule has 6 nitrogen and oxygen atoms in total. The second-order valence-electron chi connectivity index (χ2n) is 5.18. The van der Waals surface area contributed by atoms with Crippen molar-refractivity contribution in [2.45, 2.75) is 12.8 Å². The Morgan fingerprint density at radius 1 is 1.41 bits per heavy atom. The minimum atomic E-state index is -0.269. The van der Waals surface area contributed by atoms with Crippen LogP contribution in [0, 0.1) is 5.92 Å². The van der Waals surface area contributed by atoms with Gasteiger partial charge >= 0.3 is 0 Å². The highest BCUT2D eigenvalue weighted by Gasteiger charge is 2.25. The van der Waals surface area contributed by atoms with E-state index in [2.05, 4.69) is 5.32 Å². The topological polar surface area (TPSA) is 76.8 Å². The number of benzene rings is 1. The zero-order valence-corrected chi connectivity index (χ0v) is 13.6. The minimum absolute atomic E-state index is 0.147. The molecule has 1 unspecified atom stereocenters. The van der Waals surface area contributed by atoms with E-state index in [-0.39, 0.29) is 11.8 Å². The predicted octanol–water partition coefficient (Wildman–Crippen LogP) is 1.60. The van der Waals surface area contributed by atoms with Gasteiger partial charge in [0, 0.05) is 19.2 Å². The van der Waals surface area contributed by atoms with Crippen molar-refractivity contribution in [3.8, 4) is 11.5 Å². The molecule has 0 spiro atoms. The Morgan fingerprint density at radius 2 is 2.18 bits per heavy atom. The van der Waals surface area contributed by atoms with Crippen molar-refractivity contribution < 1.29 is 14.3 Å². The number of thiocarbonyl (C=S) groups is 1. The molecular weight excluding hydrogens is 302 g/mol. The largest absolute Gasteiger partial charge is 0.497 e. The summed E-state index contributed by atoms with van der Waals surface area (Å²) in [7, 11) is 3.19. The number of methoxy groups -OCH3 is 2. The van der Waals surface area contributed by atoms with Gasteiger partial charge in [-0.3, -0.25) is 4.79 Å². The van der Waals surface area contributed by atoms with E-state index in [1.807, 2.05) is 17.0 Å². The van der Waals surface area contributed by atoms with E-state index >= 15 is 0 Å². The maximum atomic E-state index is 11.3. The number of piperidine rings is 1. The van der Waals surface area contributed by atoms with Crippen LogP contribution in [-0.2, 0) is 4.79 Å². The highest BCUT2D eigenvalue weighted by molar-refractivity contribution is 7.80. The van der Waals surface area contributed by atoms with Crippen molar-refractivity contribution in [2.75, 3.05) is 32.6 Å². The predicted molar refractivity (Wildman–Crippen MR) is 89.3 cm³/mol. The number of likely N-dealkylation sites (tertiary alicyclic amines) is 1. The van der Waals surface area contributed by atoms with Gasteiger partial charge in [-0.15, -0.1) is 0 Å². The Kier molecular flexibility index (Phi) is 5.43. The van der Waals surface area contributed by atoms with Crippen molar-refractivity contribution in [3.63, 3.8) is 0 Å². The molecule has 3 N–H and O–H groups in total. The molecule has 0 radical (unpaired) electrons. The molecule has 120 valence electrons. The molecule has 0 bridgehead atoms. The van der Waals surface area contributed by atoms with Crippen LogP contribution in [0.15, 0.2) is 18.2 Å². The number of ether oxygens (including phenoxy) is 2. The van der Waals surface area contributed by atoms with E-state index in [1.165, 1.54) is 0 Å². The monoisotopic (exact) mass is 323 g/mol. The number of nitrogens with zero attached hydrogens (tertiary/aromatic N) is 1. The fourth-order valence-electron chi connectivity index (χ4n) is 2.49. The number of nitrogens with two attached hydrogens (primary N) is 1. The standard InChI is InChI=1S/C15H21N3O3S/c1-20-11-5-6-12(13(8-11)21-2)17-15(22)18-7-3-4-10(9-18)14(16)19/h5-6,8,10H,3-4,7,9H2,1-2H3,(H2,16,19)(H,17,22). The summed E-state index contributed by atoms with van der Waals surface area (Å²) in [6.07, 6.45) is 1.72. The van der Waals surface area contributed by atoms with E-state index < -0.39 is 0 Å².